The van der Waals surface area contributed by atoms with E-state index in [0.29, 0.717) is 12.2 Å². The summed E-state index contributed by atoms with van der Waals surface area (Å²) in [6.45, 7) is 3.57. The average molecular weight is 609 g/mol. The van der Waals surface area contributed by atoms with Crippen molar-refractivity contribution in [3.8, 4) is 5.75 Å². The van der Waals surface area contributed by atoms with Gasteiger partial charge in [0.25, 0.3) is 5.56 Å². The number of H-pyrrole nitrogens is 1. The van der Waals surface area contributed by atoms with Gasteiger partial charge < -0.3 is 14.8 Å². The maximum absolute atomic E-state index is 15.9. The fourth-order valence-electron chi connectivity index (χ4n) is 6.29. The predicted molar refractivity (Wildman–Crippen MR) is 169 cm³/mol. The Hall–Kier alpha value is -5.19. The third-order valence-corrected chi connectivity index (χ3v) is 8.88. The smallest absolute Gasteiger partial charge is 0.280 e. The van der Waals surface area contributed by atoms with Crippen LogP contribution in [0.1, 0.15) is 43.2 Å². The summed E-state index contributed by atoms with van der Waals surface area (Å²) in [5.74, 6) is 0.254. The van der Waals surface area contributed by atoms with E-state index >= 15 is 4.39 Å². The van der Waals surface area contributed by atoms with Gasteiger partial charge in [-0.05, 0) is 40.8 Å². The van der Waals surface area contributed by atoms with Crippen molar-refractivity contribution >= 4 is 17.1 Å². The Balaban J connectivity index is 1.51. The third-order valence-electron chi connectivity index (χ3n) is 8.88. The number of azide groups is 1. The van der Waals surface area contributed by atoms with Crippen molar-refractivity contribution in [3.63, 3.8) is 0 Å². The van der Waals surface area contributed by atoms with Crippen molar-refractivity contribution in [2.75, 3.05) is 19.0 Å². The number of aromatic amines is 1. The molecule has 0 spiro atoms. The van der Waals surface area contributed by atoms with E-state index in [1.165, 1.54) is 10.9 Å². The number of benzene rings is 3. The molecule has 1 saturated heterocycles. The highest BCUT2D eigenvalue weighted by Crippen LogP contribution is 2.46. The van der Waals surface area contributed by atoms with Crippen LogP contribution < -0.4 is 15.6 Å². The van der Waals surface area contributed by atoms with E-state index in [1.54, 1.807) is 14.0 Å². The minimum atomic E-state index is -1.47. The second-order valence-electron chi connectivity index (χ2n) is 11.1. The molecule has 2 aromatic heterocycles. The summed E-state index contributed by atoms with van der Waals surface area (Å²) in [5, 5.41) is 7.26. The summed E-state index contributed by atoms with van der Waals surface area (Å²) in [6, 6.07) is 27.3. The van der Waals surface area contributed by atoms with Crippen molar-refractivity contribution in [2.24, 2.45) is 11.0 Å². The molecule has 3 heterocycles. The van der Waals surface area contributed by atoms with E-state index in [2.05, 4.69) is 25.3 Å². The van der Waals surface area contributed by atoms with Crippen LogP contribution in [0.4, 0.5) is 10.3 Å². The first kappa shape index (κ1) is 29.9. The zero-order valence-corrected chi connectivity index (χ0v) is 25.1. The van der Waals surface area contributed by atoms with Crippen molar-refractivity contribution in [1.29, 1.82) is 0 Å². The van der Waals surface area contributed by atoms with E-state index in [1.807, 2.05) is 91.9 Å². The summed E-state index contributed by atoms with van der Waals surface area (Å²) in [4.78, 5) is 28.3. The van der Waals surface area contributed by atoms with Gasteiger partial charge in [0.05, 0.1) is 25.6 Å². The number of imidazole rings is 1. The van der Waals surface area contributed by atoms with Crippen molar-refractivity contribution < 1.29 is 13.9 Å². The Bertz CT molecular complexity index is 1850. The molecule has 1 fully saturated rings. The fraction of sp³-hybridized carbons (Fsp3) is 0.303. The second kappa shape index (κ2) is 12.1. The number of hydrogen-bond donors (Lipinski definition) is 2. The van der Waals surface area contributed by atoms with Crippen molar-refractivity contribution in [2.45, 2.75) is 43.8 Å². The number of anilines is 1. The van der Waals surface area contributed by atoms with Crippen LogP contribution in [0.5, 0.6) is 5.75 Å². The van der Waals surface area contributed by atoms with Gasteiger partial charge in [0.1, 0.15) is 11.3 Å². The molecule has 0 saturated carbocycles. The number of rotatable bonds is 10. The van der Waals surface area contributed by atoms with Crippen LogP contribution in [-0.2, 0) is 10.3 Å². The minimum Gasteiger partial charge on any atom is -0.497 e. The molecule has 1 aliphatic heterocycles. The van der Waals surface area contributed by atoms with Crippen LogP contribution >= 0.6 is 0 Å². The van der Waals surface area contributed by atoms with E-state index in [4.69, 9.17) is 20.0 Å². The molecule has 45 heavy (non-hydrogen) atoms. The normalized spacial score (nSPS) is 21.4. The molecule has 1 aliphatic rings. The van der Waals surface area contributed by atoms with E-state index in [0.717, 1.165) is 16.7 Å². The lowest BCUT2D eigenvalue weighted by Crippen LogP contribution is -2.39. The first-order valence-corrected chi connectivity index (χ1v) is 14.7. The standard InChI is InChI=1S/C33H33FN8O3/c1-4-32(19-37-41-35)21(2)26(34)30(45-32)42-20-36-27-28(42)38-31(39-29(27)43)40-33(22-11-7-5-8-12-22,23-13-9-6-10-14-23)24-15-17-25(44-3)18-16-24/h5-18,20-21,26,30H,4,19H2,1-3H3,(H2,38,39,40,43)/t21-,26+,30+,32-/m0/s1. The molecule has 0 unspecified atom stereocenters. The van der Waals surface area contributed by atoms with Crippen LogP contribution in [0, 0.1) is 5.92 Å². The average Bonchev–Trinajstić information content (AvgIpc) is 3.62. The summed E-state index contributed by atoms with van der Waals surface area (Å²) in [6.07, 6.45) is -0.808. The molecule has 4 atom stereocenters. The number of ether oxygens (including phenoxy) is 2. The van der Waals surface area contributed by atoms with Gasteiger partial charge in [-0.2, -0.15) is 4.98 Å². The molecule has 6 rings (SSSR count). The first-order valence-electron chi connectivity index (χ1n) is 14.7. The molecule has 0 aliphatic carbocycles. The number of aromatic nitrogens is 4. The highest BCUT2D eigenvalue weighted by molar-refractivity contribution is 5.71. The van der Waals surface area contributed by atoms with Gasteiger partial charge in [-0.15, -0.1) is 0 Å². The molecule has 0 radical (unpaired) electrons. The lowest BCUT2D eigenvalue weighted by molar-refractivity contribution is -0.0828. The summed E-state index contributed by atoms with van der Waals surface area (Å²) in [7, 11) is 1.61. The Morgan fingerprint density at radius 1 is 1.09 bits per heavy atom. The lowest BCUT2D eigenvalue weighted by atomic mass is 9.77. The molecule has 2 N–H and O–H groups in total. The van der Waals surface area contributed by atoms with Gasteiger partial charge in [-0.1, -0.05) is 91.8 Å². The van der Waals surface area contributed by atoms with Gasteiger partial charge in [-0.3, -0.25) is 14.3 Å². The fourth-order valence-corrected chi connectivity index (χ4v) is 6.29. The maximum atomic E-state index is 15.9. The largest absolute Gasteiger partial charge is 0.497 e. The summed E-state index contributed by atoms with van der Waals surface area (Å²) in [5.41, 5.74) is 9.25. The zero-order valence-electron chi connectivity index (χ0n) is 25.1. The van der Waals surface area contributed by atoms with Gasteiger partial charge in [0.2, 0.25) is 5.95 Å². The van der Waals surface area contributed by atoms with Crippen LogP contribution in [0.15, 0.2) is 101 Å². The Kier molecular flexibility index (Phi) is 8.01. The number of alkyl halides is 1. The number of methoxy groups -OCH3 is 1. The SMILES string of the molecule is CC[C@@]1(CN=[N+]=[N-])O[C@@H](n2cnc3c(=O)[nH]c(NC(c4ccccc4)(c4ccccc4)c4ccc(OC)cc4)nc32)[C@H](F)[C@@H]1C. The molecule has 5 aromatic rings. The molecule has 3 aromatic carbocycles. The molecular weight excluding hydrogens is 575 g/mol. The van der Waals surface area contributed by atoms with Crippen LogP contribution in [0.3, 0.4) is 0 Å². The van der Waals surface area contributed by atoms with Crippen molar-refractivity contribution in [1.82, 2.24) is 19.5 Å². The summed E-state index contributed by atoms with van der Waals surface area (Å²) < 4.78 is 29.1. The topological polar surface area (TPSA) is 143 Å². The Morgan fingerprint density at radius 2 is 1.71 bits per heavy atom. The van der Waals surface area contributed by atoms with E-state index in [-0.39, 0.29) is 23.7 Å². The van der Waals surface area contributed by atoms with Crippen LogP contribution in [0.25, 0.3) is 21.6 Å². The number of nitrogens with one attached hydrogen (secondary N) is 2. The predicted octanol–water partition coefficient (Wildman–Crippen LogP) is 6.49. The van der Waals surface area contributed by atoms with Gasteiger partial charge in [0, 0.05) is 10.8 Å². The Labute approximate surface area is 258 Å². The second-order valence-corrected chi connectivity index (χ2v) is 11.1. The first-order chi connectivity index (χ1) is 21.9. The molecule has 230 valence electrons. The number of fused-ring (bicyclic) bond motifs is 1. The van der Waals surface area contributed by atoms with Gasteiger partial charge in [-0.25, -0.2) is 9.37 Å². The highest BCUT2D eigenvalue weighted by atomic mass is 19.1. The molecule has 0 bridgehead atoms. The van der Waals surface area contributed by atoms with E-state index < -0.39 is 35.0 Å². The third kappa shape index (κ3) is 5.07. The highest BCUT2D eigenvalue weighted by Gasteiger charge is 2.53. The van der Waals surface area contributed by atoms with Crippen molar-refractivity contribution in [3.05, 3.63) is 129 Å². The molecule has 11 nitrogen and oxygen atoms in total. The number of halogens is 1. The zero-order chi connectivity index (χ0) is 31.6. The van der Waals surface area contributed by atoms with Gasteiger partial charge >= 0.3 is 0 Å². The lowest BCUT2D eigenvalue weighted by Gasteiger charge is -2.37. The maximum Gasteiger partial charge on any atom is 0.280 e. The molecule has 12 heteroatoms. The minimum absolute atomic E-state index is 0.0237. The number of hydrogen-bond acceptors (Lipinski definition) is 7. The monoisotopic (exact) mass is 608 g/mol. The number of nitrogens with zero attached hydrogens (tertiary/aromatic N) is 6. The summed E-state index contributed by atoms with van der Waals surface area (Å²) >= 11 is 0. The van der Waals surface area contributed by atoms with Gasteiger partial charge in [0.15, 0.2) is 23.6 Å². The molecule has 0 amide bonds. The van der Waals surface area contributed by atoms with Crippen LogP contribution in [-0.4, -0.2) is 44.9 Å². The van der Waals surface area contributed by atoms with E-state index in [9.17, 15) is 4.79 Å². The molecular formula is C33H33FN8O3. The Morgan fingerprint density at radius 3 is 2.29 bits per heavy atom. The van der Waals surface area contributed by atoms with Crippen LogP contribution in [0.2, 0.25) is 0 Å². The quantitative estimate of drug-likeness (QED) is 0.0803.